The van der Waals surface area contributed by atoms with Crippen LogP contribution in [-0.4, -0.2) is 15.5 Å². The zero-order valence-electron chi connectivity index (χ0n) is 10.9. The number of nitro groups is 1. The van der Waals surface area contributed by atoms with Gasteiger partial charge in [-0.25, -0.2) is 9.18 Å². The second-order valence-electron chi connectivity index (χ2n) is 4.23. The summed E-state index contributed by atoms with van der Waals surface area (Å²) in [5.41, 5.74) is -0.182. The van der Waals surface area contributed by atoms with E-state index < -0.39 is 16.7 Å². The van der Waals surface area contributed by atoms with Gasteiger partial charge in [-0.3, -0.25) is 10.1 Å². The summed E-state index contributed by atoms with van der Waals surface area (Å²) in [5, 5.41) is 10.8. The van der Waals surface area contributed by atoms with Gasteiger partial charge in [0.2, 0.25) is 0 Å². The van der Waals surface area contributed by atoms with Crippen LogP contribution >= 0.6 is 11.6 Å². The minimum absolute atomic E-state index is 0.00541. The minimum atomic E-state index is -0.801. The summed E-state index contributed by atoms with van der Waals surface area (Å²) in [6.07, 6.45) is 1.19. The van der Waals surface area contributed by atoms with Gasteiger partial charge in [0.1, 0.15) is 18.1 Å². The number of carbonyl (C=O) groups is 1. The number of aromatic nitrogens is 1. The number of rotatable bonds is 4. The van der Waals surface area contributed by atoms with Gasteiger partial charge in [0.05, 0.1) is 16.1 Å². The van der Waals surface area contributed by atoms with Crippen LogP contribution < -0.4 is 0 Å². The molecule has 0 atom stereocenters. The Morgan fingerprint density at radius 3 is 2.81 bits per heavy atom. The third kappa shape index (κ3) is 3.19. The Labute approximate surface area is 123 Å². The molecule has 0 amide bonds. The third-order valence-electron chi connectivity index (χ3n) is 2.82. The fraction of sp³-hybridized carbons (Fsp3) is 0.154. The predicted octanol–water partition coefficient (Wildman–Crippen LogP) is 3.08. The number of carbonyl (C=O) groups excluding carboxylic acids is 1. The first-order valence-corrected chi connectivity index (χ1v) is 6.18. The summed E-state index contributed by atoms with van der Waals surface area (Å²) in [5.74, 6) is -1.39. The highest BCUT2D eigenvalue weighted by molar-refractivity contribution is 6.31. The highest BCUT2D eigenvalue weighted by atomic mass is 35.5. The maximum absolute atomic E-state index is 13.5. The zero-order chi connectivity index (χ0) is 15.6. The van der Waals surface area contributed by atoms with Gasteiger partial charge in [-0.05, 0) is 12.1 Å². The number of hydrogen-bond acceptors (Lipinski definition) is 4. The Morgan fingerprint density at radius 2 is 2.24 bits per heavy atom. The second kappa shape index (κ2) is 5.92. The molecule has 0 unspecified atom stereocenters. The molecular weight excluding hydrogens is 303 g/mol. The van der Waals surface area contributed by atoms with E-state index in [1.54, 1.807) is 0 Å². The van der Waals surface area contributed by atoms with Gasteiger partial charge < -0.3 is 9.30 Å². The van der Waals surface area contributed by atoms with Gasteiger partial charge in [-0.1, -0.05) is 17.7 Å². The summed E-state index contributed by atoms with van der Waals surface area (Å²) in [6.45, 7) is -0.358. The van der Waals surface area contributed by atoms with Gasteiger partial charge in [0.15, 0.2) is 0 Å². The average Bonchev–Trinajstić information content (AvgIpc) is 2.80. The summed E-state index contributed by atoms with van der Waals surface area (Å²) in [6, 6.07) is 5.19. The van der Waals surface area contributed by atoms with Crippen LogP contribution in [0.3, 0.4) is 0 Å². The molecule has 0 aliphatic heterocycles. The smallest absolute Gasteiger partial charge is 0.355 e. The van der Waals surface area contributed by atoms with E-state index in [0.717, 1.165) is 6.07 Å². The monoisotopic (exact) mass is 312 g/mol. The lowest BCUT2D eigenvalue weighted by atomic mass is 10.2. The standard InChI is InChI=1S/C13H10ClFN2O4/c1-16-6-8(17(19)20)5-12(16)13(18)21-7-9-10(14)3-2-4-11(9)15/h2-6H,7H2,1H3. The number of nitrogens with zero attached hydrogens (tertiary/aromatic N) is 2. The normalized spacial score (nSPS) is 10.4. The van der Waals surface area contributed by atoms with Crippen molar-refractivity contribution in [2.24, 2.45) is 7.05 Å². The van der Waals surface area contributed by atoms with Gasteiger partial charge in [-0.2, -0.15) is 0 Å². The molecule has 0 saturated heterocycles. The molecule has 0 bridgehead atoms. The van der Waals surface area contributed by atoms with Crippen LogP contribution in [0.15, 0.2) is 30.5 Å². The maximum Gasteiger partial charge on any atom is 0.355 e. The van der Waals surface area contributed by atoms with E-state index in [-0.39, 0.29) is 28.6 Å². The zero-order valence-corrected chi connectivity index (χ0v) is 11.6. The van der Waals surface area contributed by atoms with Crippen molar-refractivity contribution in [2.45, 2.75) is 6.61 Å². The number of esters is 1. The maximum atomic E-state index is 13.5. The number of hydrogen-bond donors (Lipinski definition) is 0. The quantitative estimate of drug-likeness (QED) is 0.494. The first-order valence-electron chi connectivity index (χ1n) is 5.81. The molecule has 110 valence electrons. The SMILES string of the molecule is Cn1cc([N+](=O)[O-])cc1C(=O)OCc1c(F)cccc1Cl. The van der Waals surface area contributed by atoms with Crippen LogP contribution in [0.1, 0.15) is 16.1 Å². The Balaban J connectivity index is 2.14. The van der Waals surface area contributed by atoms with Crippen LogP contribution in [0, 0.1) is 15.9 Å². The van der Waals surface area contributed by atoms with E-state index in [4.69, 9.17) is 16.3 Å². The molecule has 1 aromatic heterocycles. The van der Waals surface area contributed by atoms with Gasteiger partial charge >= 0.3 is 5.97 Å². The lowest BCUT2D eigenvalue weighted by Crippen LogP contribution is -2.10. The molecule has 0 aliphatic carbocycles. The first-order chi connectivity index (χ1) is 9.90. The van der Waals surface area contributed by atoms with Gasteiger partial charge in [-0.15, -0.1) is 0 Å². The lowest BCUT2D eigenvalue weighted by molar-refractivity contribution is -0.384. The van der Waals surface area contributed by atoms with E-state index in [1.807, 2.05) is 0 Å². The minimum Gasteiger partial charge on any atom is -0.456 e. The van der Waals surface area contributed by atoms with Crippen LogP contribution in [0.5, 0.6) is 0 Å². The van der Waals surface area contributed by atoms with Crippen molar-refractivity contribution in [3.63, 3.8) is 0 Å². The Kier molecular flexibility index (Phi) is 4.23. The number of aryl methyl sites for hydroxylation is 1. The van der Waals surface area contributed by atoms with E-state index >= 15 is 0 Å². The Hall–Kier alpha value is -2.41. The average molecular weight is 313 g/mol. The predicted molar refractivity (Wildman–Crippen MR) is 72.6 cm³/mol. The third-order valence-corrected chi connectivity index (χ3v) is 3.17. The van der Waals surface area contributed by atoms with Crippen LogP contribution in [-0.2, 0) is 18.4 Å². The van der Waals surface area contributed by atoms with Crippen molar-refractivity contribution in [1.29, 1.82) is 0 Å². The lowest BCUT2D eigenvalue weighted by Gasteiger charge is -2.07. The van der Waals surface area contributed by atoms with Crippen molar-refractivity contribution >= 4 is 23.3 Å². The molecular formula is C13H10ClFN2O4. The summed E-state index contributed by atoms with van der Waals surface area (Å²) >= 11 is 5.81. The van der Waals surface area contributed by atoms with Crippen LogP contribution in [0.4, 0.5) is 10.1 Å². The molecule has 8 heteroatoms. The Bertz CT molecular complexity index is 694. The molecule has 2 aromatic rings. The largest absolute Gasteiger partial charge is 0.456 e. The molecule has 1 heterocycles. The Morgan fingerprint density at radius 1 is 1.52 bits per heavy atom. The molecule has 6 nitrogen and oxygen atoms in total. The fourth-order valence-corrected chi connectivity index (χ4v) is 1.95. The van der Waals surface area contributed by atoms with E-state index in [2.05, 4.69) is 0 Å². The van der Waals surface area contributed by atoms with Crippen LogP contribution in [0.2, 0.25) is 5.02 Å². The number of halogens is 2. The van der Waals surface area contributed by atoms with Gasteiger partial charge in [0, 0.05) is 18.7 Å². The highest BCUT2D eigenvalue weighted by Gasteiger charge is 2.19. The van der Waals surface area contributed by atoms with E-state index in [1.165, 1.54) is 36.0 Å². The molecule has 0 saturated carbocycles. The first kappa shape index (κ1) is 15.0. The van der Waals surface area contributed by atoms with E-state index in [9.17, 15) is 19.3 Å². The fourth-order valence-electron chi connectivity index (χ4n) is 1.73. The molecule has 2 rings (SSSR count). The van der Waals surface area contributed by atoms with Crippen LogP contribution in [0.25, 0.3) is 0 Å². The second-order valence-corrected chi connectivity index (χ2v) is 4.64. The molecule has 0 aliphatic rings. The molecule has 0 spiro atoms. The number of benzene rings is 1. The van der Waals surface area contributed by atoms with Crippen molar-refractivity contribution < 1.29 is 18.8 Å². The molecule has 0 fully saturated rings. The number of ether oxygens (including phenoxy) is 1. The topological polar surface area (TPSA) is 74.4 Å². The summed E-state index contributed by atoms with van der Waals surface area (Å²) in [7, 11) is 1.47. The highest BCUT2D eigenvalue weighted by Crippen LogP contribution is 2.21. The summed E-state index contributed by atoms with van der Waals surface area (Å²) in [4.78, 5) is 21.9. The van der Waals surface area contributed by atoms with Crippen molar-refractivity contribution in [3.05, 3.63) is 62.7 Å². The summed E-state index contributed by atoms with van der Waals surface area (Å²) < 4.78 is 19.7. The molecule has 0 radical (unpaired) electrons. The van der Waals surface area contributed by atoms with Gasteiger partial charge in [0.25, 0.3) is 5.69 Å². The molecule has 21 heavy (non-hydrogen) atoms. The van der Waals surface area contributed by atoms with Crippen molar-refractivity contribution in [2.75, 3.05) is 0 Å². The molecule has 1 aromatic carbocycles. The van der Waals surface area contributed by atoms with Crippen molar-refractivity contribution in [1.82, 2.24) is 4.57 Å². The molecule has 0 N–H and O–H groups in total. The van der Waals surface area contributed by atoms with E-state index in [0.29, 0.717) is 0 Å². The van der Waals surface area contributed by atoms with Crippen molar-refractivity contribution in [3.8, 4) is 0 Å².